The molecule has 3 heteroatoms. The van der Waals surface area contributed by atoms with Gasteiger partial charge in [-0.25, -0.2) is 4.98 Å². The van der Waals surface area contributed by atoms with Crippen LogP contribution in [0, 0.1) is 32.1 Å². The summed E-state index contributed by atoms with van der Waals surface area (Å²) in [6.45, 7) is 5.88. The third kappa shape index (κ3) is 1.48. The number of nitriles is 1. The quantitative estimate of drug-likeness (QED) is 0.709. The summed E-state index contributed by atoms with van der Waals surface area (Å²) in [6, 6.07) is 2.16. The number of anilines is 1. The zero-order chi connectivity index (χ0) is 10.0. The number of nitrogens with one attached hydrogen (secondary N) is 1. The molecule has 1 aromatic rings. The molecular weight excluding hydrogens is 162 g/mol. The molecule has 3 nitrogen and oxygen atoms in total. The molecule has 1 heterocycles. The van der Waals surface area contributed by atoms with E-state index in [-0.39, 0.29) is 0 Å². The molecule has 0 aromatic carbocycles. The summed E-state index contributed by atoms with van der Waals surface area (Å²) < 4.78 is 0. The van der Waals surface area contributed by atoms with Crippen LogP contribution in [0.25, 0.3) is 0 Å². The van der Waals surface area contributed by atoms with Gasteiger partial charge < -0.3 is 5.32 Å². The Morgan fingerprint density at radius 2 is 1.85 bits per heavy atom. The lowest BCUT2D eigenvalue weighted by Crippen LogP contribution is -2.03. The van der Waals surface area contributed by atoms with Crippen molar-refractivity contribution in [2.45, 2.75) is 20.8 Å². The van der Waals surface area contributed by atoms with Crippen molar-refractivity contribution in [2.75, 3.05) is 12.4 Å². The van der Waals surface area contributed by atoms with Crippen LogP contribution in [0.4, 0.5) is 5.82 Å². The third-order valence-corrected chi connectivity index (χ3v) is 2.35. The van der Waals surface area contributed by atoms with E-state index in [0.29, 0.717) is 11.4 Å². The Balaban J connectivity index is 3.50. The van der Waals surface area contributed by atoms with Crippen LogP contribution in [0.5, 0.6) is 0 Å². The molecule has 0 atom stereocenters. The summed E-state index contributed by atoms with van der Waals surface area (Å²) in [4.78, 5) is 4.29. The normalized spacial score (nSPS) is 9.46. The molecule has 0 amide bonds. The second-order valence-electron chi connectivity index (χ2n) is 3.03. The second kappa shape index (κ2) is 3.44. The molecule has 0 spiro atoms. The largest absolute Gasteiger partial charge is 0.372 e. The molecule has 0 bridgehead atoms. The lowest BCUT2D eigenvalue weighted by atomic mass is 10.0. The van der Waals surface area contributed by atoms with E-state index in [1.54, 1.807) is 7.05 Å². The maximum Gasteiger partial charge on any atom is 0.144 e. The van der Waals surface area contributed by atoms with E-state index in [1.165, 1.54) is 0 Å². The summed E-state index contributed by atoms with van der Waals surface area (Å²) in [5.74, 6) is 0.670. The summed E-state index contributed by atoms with van der Waals surface area (Å²) in [5, 5.41) is 11.8. The first kappa shape index (κ1) is 9.53. The molecule has 0 aliphatic heterocycles. The molecule has 1 aromatic heterocycles. The van der Waals surface area contributed by atoms with Crippen molar-refractivity contribution in [3.63, 3.8) is 0 Å². The number of pyridine rings is 1. The zero-order valence-electron chi connectivity index (χ0n) is 8.39. The highest BCUT2D eigenvalue weighted by Gasteiger charge is 2.10. The zero-order valence-corrected chi connectivity index (χ0v) is 8.39. The molecule has 68 valence electrons. The van der Waals surface area contributed by atoms with Crippen molar-refractivity contribution in [2.24, 2.45) is 0 Å². The van der Waals surface area contributed by atoms with Gasteiger partial charge in [0.1, 0.15) is 11.9 Å². The topological polar surface area (TPSA) is 48.7 Å². The lowest BCUT2D eigenvalue weighted by molar-refractivity contribution is 1.10. The van der Waals surface area contributed by atoms with Crippen LogP contribution in [-0.4, -0.2) is 12.0 Å². The number of rotatable bonds is 1. The van der Waals surface area contributed by atoms with Crippen molar-refractivity contribution in [3.05, 3.63) is 22.4 Å². The number of nitrogens with zero attached hydrogens (tertiary/aromatic N) is 2. The van der Waals surface area contributed by atoms with E-state index < -0.39 is 0 Å². The standard InChI is InChI=1S/C10H13N3/c1-6-7(2)9(5-11)10(12-4)13-8(6)3/h1-4H3,(H,12,13). The van der Waals surface area contributed by atoms with Crippen molar-refractivity contribution in [1.29, 1.82) is 5.26 Å². The second-order valence-corrected chi connectivity index (χ2v) is 3.03. The average molecular weight is 175 g/mol. The number of hydrogen-bond acceptors (Lipinski definition) is 3. The molecule has 0 fully saturated rings. The molecule has 0 radical (unpaired) electrons. The molecule has 1 N–H and O–H groups in total. The molecule has 0 aliphatic rings. The average Bonchev–Trinajstić information content (AvgIpc) is 2.13. The van der Waals surface area contributed by atoms with E-state index in [1.807, 2.05) is 20.8 Å². The molecule has 0 aliphatic carbocycles. The van der Waals surface area contributed by atoms with Crippen molar-refractivity contribution < 1.29 is 0 Å². The monoisotopic (exact) mass is 175 g/mol. The van der Waals surface area contributed by atoms with Crippen molar-refractivity contribution in [1.82, 2.24) is 4.98 Å². The SMILES string of the molecule is CNc1nc(C)c(C)c(C)c1C#N. The minimum absolute atomic E-state index is 0.644. The Morgan fingerprint density at radius 3 is 2.31 bits per heavy atom. The number of hydrogen-bond donors (Lipinski definition) is 1. The van der Waals surface area contributed by atoms with Crippen LogP contribution in [0.3, 0.4) is 0 Å². The molecule has 0 saturated carbocycles. The van der Waals surface area contributed by atoms with Gasteiger partial charge in [-0.2, -0.15) is 5.26 Å². The summed E-state index contributed by atoms with van der Waals surface area (Å²) in [5.41, 5.74) is 3.72. The highest BCUT2D eigenvalue weighted by atomic mass is 15.0. The van der Waals surface area contributed by atoms with E-state index in [9.17, 15) is 0 Å². The maximum absolute atomic E-state index is 8.92. The van der Waals surface area contributed by atoms with E-state index in [2.05, 4.69) is 16.4 Å². The molecule has 0 saturated heterocycles. The molecule has 1 rings (SSSR count). The summed E-state index contributed by atoms with van der Waals surface area (Å²) >= 11 is 0. The van der Waals surface area contributed by atoms with Gasteiger partial charge in [-0.3, -0.25) is 0 Å². The van der Waals surface area contributed by atoms with Crippen LogP contribution < -0.4 is 5.32 Å². The molecular formula is C10H13N3. The fraction of sp³-hybridized carbons (Fsp3) is 0.400. The van der Waals surface area contributed by atoms with Crippen LogP contribution in [0.2, 0.25) is 0 Å². The first-order valence-corrected chi connectivity index (χ1v) is 4.17. The Morgan fingerprint density at radius 1 is 1.23 bits per heavy atom. The van der Waals surface area contributed by atoms with Gasteiger partial charge in [-0.1, -0.05) is 0 Å². The van der Waals surface area contributed by atoms with Crippen LogP contribution in [-0.2, 0) is 0 Å². The van der Waals surface area contributed by atoms with Crippen LogP contribution >= 0.6 is 0 Å². The highest BCUT2D eigenvalue weighted by Crippen LogP contribution is 2.21. The van der Waals surface area contributed by atoms with Gasteiger partial charge in [0.25, 0.3) is 0 Å². The third-order valence-electron chi connectivity index (χ3n) is 2.35. The van der Waals surface area contributed by atoms with Crippen LogP contribution in [0.1, 0.15) is 22.4 Å². The van der Waals surface area contributed by atoms with Gasteiger partial charge >= 0.3 is 0 Å². The van der Waals surface area contributed by atoms with Gasteiger partial charge in [0, 0.05) is 12.7 Å². The lowest BCUT2D eigenvalue weighted by Gasteiger charge is -2.10. The van der Waals surface area contributed by atoms with Gasteiger partial charge in [0.2, 0.25) is 0 Å². The molecule has 13 heavy (non-hydrogen) atoms. The number of aryl methyl sites for hydroxylation is 1. The van der Waals surface area contributed by atoms with E-state index in [0.717, 1.165) is 16.8 Å². The summed E-state index contributed by atoms with van der Waals surface area (Å²) in [6.07, 6.45) is 0. The fourth-order valence-electron chi connectivity index (χ4n) is 1.26. The predicted molar refractivity (Wildman–Crippen MR) is 52.7 cm³/mol. The minimum Gasteiger partial charge on any atom is -0.372 e. The van der Waals surface area contributed by atoms with Gasteiger partial charge in [0.15, 0.2) is 0 Å². The number of aromatic nitrogens is 1. The first-order chi connectivity index (χ1) is 6.11. The Hall–Kier alpha value is -1.56. The minimum atomic E-state index is 0.644. The highest BCUT2D eigenvalue weighted by molar-refractivity contribution is 5.58. The fourth-order valence-corrected chi connectivity index (χ4v) is 1.26. The van der Waals surface area contributed by atoms with Crippen molar-refractivity contribution in [3.8, 4) is 6.07 Å². The van der Waals surface area contributed by atoms with Gasteiger partial charge in [-0.15, -0.1) is 0 Å². The molecule has 0 unspecified atom stereocenters. The Kier molecular flexibility index (Phi) is 2.52. The van der Waals surface area contributed by atoms with Gasteiger partial charge in [-0.05, 0) is 31.9 Å². The van der Waals surface area contributed by atoms with Gasteiger partial charge in [0.05, 0.1) is 5.56 Å². The Labute approximate surface area is 78.4 Å². The van der Waals surface area contributed by atoms with E-state index >= 15 is 0 Å². The maximum atomic E-state index is 8.92. The smallest absolute Gasteiger partial charge is 0.144 e. The Bertz CT molecular complexity index is 375. The summed E-state index contributed by atoms with van der Waals surface area (Å²) in [7, 11) is 1.78. The van der Waals surface area contributed by atoms with Crippen LogP contribution in [0.15, 0.2) is 0 Å². The van der Waals surface area contributed by atoms with Crippen molar-refractivity contribution >= 4 is 5.82 Å². The van der Waals surface area contributed by atoms with E-state index in [4.69, 9.17) is 5.26 Å². The first-order valence-electron chi connectivity index (χ1n) is 4.17. The predicted octanol–water partition coefficient (Wildman–Crippen LogP) is 1.92.